The Hall–Kier alpha value is -2.21. The first-order valence-corrected chi connectivity index (χ1v) is 9.11. The third-order valence-electron chi connectivity index (χ3n) is 3.91. The summed E-state index contributed by atoms with van der Waals surface area (Å²) >= 11 is 18.1. The lowest BCUT2D eigenvalue weighted by Gasteiger charge is -2.22. The van der Waals surface area contributed by atoms with E-state index in [4.69, 9.17) is 39.5 Å². The molecule has 0 radical (unpaired) electrons. The zero-order valence-corrected chi connectivity index (χ0v) is 16.5. The maximum absolute atomic E-state index is 12.6. The largest absolute Gasteiger partial charge is 0.488 e. The van der Waals surface area contributed by atoms with Gasteiger partial charge in [0.05, 0.1) is 27.9 Å². The topological polar surface area (TPSA) is 58.6 Å². The van der Waals surface area contributed by atoms with Crippen molar-refractivity contribution < 1.29 is 14.3 Å². The van der Waals surface area contributed by atoms with Gasteiger partial charge in [0.2, 0.25) is 5.91 Å². The van der Waals surface area contributed by atoms with Crippen molar-refractivity contribution in [3.8, 4) is 5.75 Å². The molecule has 0 aliphatic carbocycles. The fourth-order valence-electron chi connectivity index (χ4n) is 2.60. The standard InChI is InChI=1S/C19H15Cl3N2O3/c1-24(9-17(25)23-18-14(21)3-2-4-15(18)22)19(26)12-7-11-8-13(20)5-6-16(11)27-10-12/h2-8H,9-10H2,1H3,(H,23,25). The lowest BCUT2D eigenvalue weighted by Crippen LogP contribution is -2.37. The molecule has 0 spiro atoms. The number of amides is 2. The minimum atomic E-state index is -0.415. The smallest absolute Gasteiger partial charge is 0.253 e. The number of likely N-dealkylation sites (N-methyl/N-ethyl adjacent to an activating group) is 1. The van der Waals surface area contributed by atoms with E-state index >= 15 is 0 Å². The quantitative estimate of drug-likeness (QED) is 0.783. The van der Waals surface area contributed by atoms with E-state index in [1.165, 1.54) is 11.9 Å². The van der Waals surface area contributed by atoms with Crippen LogP contribution in [0.15, 0.2) is 42.0 Å². The van der Waals surface area contributed by atoms with Gasteiger partial charge in [-0.1, -0.05) is 40.9 Å². The van der Waals surface area contributed by atoms with Crippen LogP contribution in [0.3, 0.4) is 0 Å². The molecule has 1 N–H and O–H groups in total. The lowest BCUT2D eigenvalue weighted by molar-refractivity contribution is -0.130. The molecule has 5 nitrogen and oxygen atoms in total. The number of halogens is 3. The number of carbonyl (C=O) groups is 2. The van der Waals surface area contributed by atoms with E-state index in [2.05, 4.69) is 5.32 Å². The normalized spacial score (nSPS) is 12.5. The van der Waals surface area contributed by atoms with Gasteiger partial charge in [-0.05, 0) is 36.4 Å². The number of nitrogens with one attached hydrogen (secondary N) is 1. The second kappa shape index (κ2) is 8.21. The number of ether oxygens (including phenoxy) is 1. The van der Waals surface area contributed by atoms with Gasteiger partial charge in [0.25, 0.3) is 5.91 Å². The van der Waals surface area contributed by atoms with Crippen LogP contribution in [0.1, 0.15) is 5.56 Å². The Morgan fingerprint density at radius 2 is 1.85 bits per heavy atom. The molecule has 2 aromatic carbocycles. The van der Waals surface area contributed by atoms with E-state index in [1.54, 1.807) is 42.5 Å². The summed E-state index contributed by atoms with van der Waals surface area (Å²) < 4.78 is 5.58. The number of carbonyl (C=O) groups excluding carboxylic acids is 2. The number of hydrogen-bond donors (Lipinski definition) is 1. The average Bonchev–Trinajstić information content (AvgIpc) is 2.63. The van der Waals surface area contributed by atoms with Gasteiger partial charge in [-0.15, -0.1) is 0 Å². The first-order chi connectivity index (χ1) is 12.8. The number of fused-ring (bicyclic) bond motifs is 1. The van der Waals surface area contributed by atoms with Crippen molar-refractivity contribution in [1.29, 1.82) is 0 Å². The Labute approximate surface area is 171 Å². The highest BCUT2D eigenvalue weighted by Gasteiger charge is 2.22. The van der Waals surface area contributed by atoms with Crippen molar-refractivity contribution >= 4 is 58.4 Å². The first-order valence-electron chi connectivity index (χ1n) is 7.97. The van der Waals surface area contributed by atoms with E-state index in [9.17, 15) is 9.59 Å². The molecular formula is C19H15Cl3N2O3. The van der Waals surface area contributed by atoms with Crippen LogP contribution in [0.25, 0.3) is 6.08 Å². The molecule has 0 atom stereocenters. The van der Waals surface area contributed by atoms with Crippen LogP contribution in [0.5, 0.6) is 5.75 Å². The summed E-state index contributed by atoms with van der Waals surface area (Å²) in [7, 11) is 1.53. The highest BCUT2D eigenvalue weighted by atomic mass is 35.5. The summed E-state index contributed by atoms with van der Waals surface area (Å²) in [6.07, 6.45) is 1.71. The Morgan fingerprint density at radius 3 is 2.56 bits per heavy atom. The predicted octanol–water partition coefficient (Wildman–Crippen LogP) is 4.52. The minimum absolute atomic E-state index is 0.121. The van der Waals surface area contributed by atoms with E-state index in [1.807, 2.05) is 0 Å². The van der Waals surface area contributed by atoms with Gasteiger partial charge in [-0.3, -0.25) is 9.59 Å². The van der Waals surface area contributed by atoms with Gasteiger partial charge >= 0.3 is 0 Å². The van der Waals surface area contributed by atoms with Crippen LogP contribution in [0, 0.1) is 0 Å². The highest BCUT2D eigenvalue weighted by Crippen LogP contribution is 2.30. The minimum Gasteiger partial charge on any atom is -0.488 e. The van der Waals surface area contributed by atoms with E-state index in [-0.39, 0.29) is 19.1 Å². The summed E-state index contributed by atoms with van der Waals surface area (Å²) in [6.45, 7) is -0.0457. The number of hydrogen-bond acceptors (Lipinski definition) is 3. The van der Waals surface area contributed by atoms with Crippen LogP contribution >= 0.6 is 34.8 Å². The van der Waals surface area contributed by atoms with Crippen LogP contribution < -0.4 is 10.1 Å². The maximum Gasteiger partial charge on any atom is 0.253 e. The summed E-state index contributed by atoms with van der Waals surface area (Å²) in [5, 5.41) is 3.82. The monoisotopic (exact) mass is 424 g/mol. The SMILES string of the molecule is CN(CC(=O)Nc1c(Cl)cccc1Cl)C(=O)C1=Cc2cc(Cl)ccc2OC1. The molecule has 3 rings (SSSR count). The van der Waals surface area contributed by atoms with E-state index in [0.29, 0.717) is 32.1 Å². The fraction of sp³-hybridized carbons (Fsp3) is 0.158. The van der Waals surface area contributed by atoms with Gasteiger partial charge in [0.1, 0.15) is 12.4 Å². The van der Waals surface area contributed by atoms with E-state index in [0.717, 1.165) is 5.56 Å². The Kier molecular flexibility index (Phi) is 5.95. The first kappa shape index (κ1) is 19.5. The van der Waals surface area contributed by atoms with Crippen molar-refractivity contribution in [1.82, 2.24) is 4.90 Å². The molecule has 0 aromatic heterocycles. The third kappa shape index (κ3) is 4.56. The predicted molar refractivity (Wildman–Crippen MR) is 108 cm³/mol. The van der Waals surface area contributed by atoms with Gasteiger partial charge in [0.15, 0.2) is 0 Å². The molecule has 1 aliphatic heterocycles. The van der Waals surface area contributed by atoms with Gasteiger partial charge in [-0.25, -0.2) is 0 Å². The molecule has 2 amide bonds. The molecule has 140 valence electrons. The molecule has 1 aliphatic rings. The van der Waals surface area contributed by atoms with E-state index < -0.39 is 5.91 Å². The summed E-state index contributed by atoms with van der Waals surface area (Å²) in [4.78, 5) is 26.2. The Bertz CT molecular complexity index is 924. The molecule has 27 heavy (non-hydrogen) atoms. The fourth-order valence-corrected chi connectivity index (χ4v) is 3.27. The van der Waals surface area contributed by atoms with Crippen molar-refractivity contribution in [2.75, 3.05) is 25.5 Å². The summed E-state index contributed by atoms with van der Waals surface area (Å²) in [5.74, 6) is -0.0765. The second-order valence-electron chi connectivity index (χ2n) is 5.95. The summed E-state index contributed by atoms with van der Waals surface area (Å²) in [5.41, 5.74) is 1.46. The average molecular weight is 426 g/mol. The van der Waals surface area contributed by atoms with Crippen LogP contribution in [0.4, 0.5) is 5.69 Å². The maximum atomic E-state index is 12.6. The molecule has 0 bridgehead atoms. The molecular weight excluding hydrogens is 411 g/mol. The Balaban J connectivity index is 1.68. The molecule has 0 saturated carbocycles. The molecule has 1 heterocycles. The Morgan fingerprint density at radius 1 is 1.15 bits per heavy atom. The van der Waals surface area contributed by atoms with Crippen molar-refractivity contribution in [2.24, 2.45) is 0 Å². The van der Waals surface area contributed by atoms with Gasteiger partial charge < -0.3 is 15.0 Å². The van der Waals surface area contributed by atoms with Crippen LogP contribution in [-0.4, -0.2) is 36.9 Å². The number of rotatable bonds is 4. The zero-order chi connectivity index (χ0) is 19.6. The van der Waals surface area contributed by atoms with Crippen molar-refractivity contribution in [3.63, 3.8) is 0 Å². The molecule has 0 fully saturated rings. The third-order valence-corrected chi connectivity index (χ3v) is 4.78. The van der Waals surface area contributed by atoms with Crippen LogP contribution in [-0.2, 0) is 9.59 Å². The van der Waals surface area contributed by atoms with Crippen molar-refractivity contribution in [2.45, 2.75) is 0 Å². The molecule has 8 heteroatoms. The number of benzene rings is 2. The molecule has 0 saturated heterocycles. The number of anilines is 1. The van der Waals surface area contributed by atoms with Crippen molar-refractivity contribution in [3.05, 3.63) is 62.6 Å². The summed E-state index contributed by atoms with van der Waals surface area (Å²) in [6, 6.07) is 10.1. The second-order valence-corrected chi connectivity index (χ2v) is 7.20. The number of para-hydroxylation sites is 1. The molecule has 2 aromatic rings. The van der Waals surface area contributed by atoms with Gasteiger partial charge in [-0.2, -0.15) is 0 Å². The van der Waals surface area contributed by atoms with Crippen LogP contribution in [0.2, 0.25) is 15.1 Å². The zero-order valence-electron chi connectivity index (χ0n) is 14.3. The number of nitrogens with zero attached hydrogens (tertiary/aromatic N) is 1. The van der Waals surface area contributed by atoms with Gasteiger partial charge in [0, 0.05) is 17.6 Å². The lowest BCUT2D eigenvalue weighted by atomic mass is 10.1. The molecule has 0 unspecified atom stereocenters. The highest BCUT2D eigenvalue weighted by molar-refractivity contribution is 6.39.